The topological polar surface area (TPSA) is 83.5 Å². The molecule has 1 rings (SSSR count). The van der Waals surface area contributed by atoms with Crippen LogP contribution in [0.4, 0.5) is 0 Å². The molecule has 1 fully saturated rings. The molecule has 1 saturated carbocycles. The Bertz CT molecular complexity index is 311. The van der Waals surface area contributed by atoms with Crippen molar-refractivity contribution >= 4 is 16.0 Å². The molecule has 0 spiro atoms. The van der Waals surface area contributed by atoms with Crippen molar-refractivity contribution in [3.05, 3.63) is 0 Å². The molecule has 2 N–H and O–H groups in total. The van der Waals surface area contributed by atoms with Crippen LogP contribution in [-0.4, -0.2) is 31.3 Å². The third kappa shape index (κ3) is 2.95. The van der Waals surface area contributed by atoms with Gasteiger partial charge in [0.05, 0.1) is 11.7 Å². The van der Waals surface area contributed by atoms with E-state index in [1.165, 1.54) is 0 Å². The highest BCUT2D eigenvalue weighted by molar-refractivity contribution is 7.89. The number of nitrogens with one attached hydrogen (secondary N) is 1. The van der Waals surface area contributed by atoms with E-state index in [1.54, 1.807) is 6.92 Å². The monoisotopic (exact) mass is 221 g/mol. The molecule has 6 heteroatoms. The highest BCUT2D eigenvalue weighted by atomic mass is 32.2. The molecule has 1 aliphatic rings. The minimum absolute atomic E-state index is 0.0429. The SMILES string of the molecule is CCS(=O)(=O)NC1CCC(C(=O)O)C1. The number of hydrogen-bond donors (Lipinski definition) is 2. The van der Waals surface area contributed by atoms with E-state index in [-0.39, 0.29) is 17.7 Å². The standard InChI is InChI=1S/C8H15NO4S/c1-2-14(12,13)9-7-4-3-6(5-7)8(10)11/h6-7,9H,2-5H2,1H3,(H,10,11). The van der Waals surface area contributed by atoms with Gasteiger partial charge in [-0.15, -0.1) is 0 Å². The van der Waals surface area contributed by atoms with Gasteiger partial charge in [-0.3, -0.25) is 4.79 Å². The molecule has 5 nitrogen and oxygen atoms in total. The van der Waals surface area contributed by atoms with Gasteiger partial charge in [-0.05, 0) is 26.2 Å². The highest BCUT2D eigenvalue weighted by Gasteiger charge is 2.31. The van der Waals surface area contributed by atoms with Gasteiger partial charge < -0.3 is 5.11 Å². The van der Waals surface area contributed by atoms with Crippen LogP contribution >= 0.6 is 0 Å². The first kappa shape index (κ1) is 11.5. The fourth-order valence-electron chi connectivity index (χ4n) is 1.65. The predicted octanol–water partition coefficient (Wildman–Crippen LogP) is 0.179. The van der Waals surface area contributed by atoms with E-state index in [9.17, 15) is 13.2 Å². The molecule has 0 heterocycles. The second kappa shape index (κ2) is 4.27. The number of carboxylic acids is 1. The predicted molar refractivity (Wildman–Crippen MR) is 51.4 cm³/mol. The van der Waals surface area contributed by atoms with Crippen LogP contribution in [0.5, 0.6) is 0 Å². The Kier molecular flexibility index (Phi) is 3.49. The molecular formula is C8H15NO4S. The van der Waals surface area contributed by atoms with E-state index in [0.29, 0.717) is 19.3 Å². The Balaban J connectivity index is 2.48. The average Bonchev–Trinajstić information content (AvgIpc) is 2.52. The molecule has 14 heavy (non-hydrogen) atoms. The molecule has 0 amide bonds. The number of aliphatic carboxylic acids is 1. The molecular weight excluding hydrogens is 206 g/mol. The Morgan fingerprint density at radius 1 is 1.50 bits per heavy atom. The second-order valence-corrected chi connectivity index (χ2v) is 5.61. The third-order valence-corrected chi connectivity index (χ3v) is 3.96. The van der Waals surface area contributed by atoms with Crippen molar-refractivity contribution in [3.63, 3.8) is 0 Å². The summed E-state index contributed by atoms with van der Waals surface area (Å²) < 4.78 is 24.8. The lowest BCUT2D eigenvalue weighted by Gasteiger charge is -2.11. The maximum atomic E-state index is 11.2. The smallest absolute Gasteiger partial charge is 0.306 e. The maximum Gasteiger partial charge on any atom is 0.306 e. The lowest BCUT2D eigenvalue weighted by molar-refractivity contribution is -0.141. The van der Waals surface area contributed by atoms with Crippen LogP contribution in [0.1, 0.15) is 26.2 Å². The number of carbonyl (C=O) groups is 1. The van der Waals surface area contributed by atoms with E-state index in [4.69, 9.17) is 5.11 Å². The summed E-state index contributed by atoms with van der Waals surface area (Å²) in [5, 5.41) is 8.71. The summed E-state index contributed by atoms with van der Waals surface area (Å²) in [5.41, 5.74) is 0. The van der Waals surface area contributed by atoms with Crippen molar-refractivity contribution in [2.24, 2.45) is 5.92 Å². The second-order valence-electron chi connectivity index (χ2n) is 3.57. The van der Waals surface area contributed by atoms with E-state index in [1.807, 2.05) is 0 Å². The Morgan fingerprint density at radius 3 is 2.57 bits per heavy atom. The van der Waals surface area contributed by atoms with Crippen molar-refractivity contribution in [2.45, 2.75) is 32.2 Å². The zero-order valence-electron chi connectivity index (χ0n) is 8.06. The van der Waals surface area contributed by atoms with Gasteiger partial charge >= 0.3 is 5.97 Å². The summed E-state index contributed by atoms with van der Waals surface area (Å²) >= 11 is 0. The maximum absolute atomic E-state index is 11.2. The highest BCUT2D eigenvalue weighted by Crippen LogP contribution is 2.25. The van der Waals surface area contributed by atoms with Crippen molar-refractivity contribution in [1.29, 1.82) is 0 Å². The zero-order valence-corrected chi connectivity index (χ0v) is 8.88. The van der Waals surface area contributed by atoms with Crippen LogP contribution in [0.3, 0.4) is 0 Å². The molecule has 1 aliphatic carbocycles. The van der Waals surface area contributed by atoms with Crippen LogP contribution in [-0.2, 0) is 14.8 Å². The van der Waals surface area contributed by atoms with Crippen LogP contribution in [0.25, 0.3) is 0 Å². The quantitative estimate of drug-likeness (QED) is 0.709. The average molecular weight is 221 g/mol. The number of sulfonamides is 1. The lowest BCUT2D eigenvalue weighted by atomic mass is 10.1. The van der Waals surface area contributed by atoms with Gasteiger partial charge in [0.2, 0.25) is 10.0 Å². The molecule has 0 aromatic carbocycles. The van der Waals surface area contributed by atoms with Crippen molar-refractivity contribution < 1.29 is 18.3 Å². The first-order valence-corrected chi connectivity index (χ1v) is 6.32. The first-order chi connectivity index (χ1) is 6.44. The molecule has 0 aliphatic heterocycles. The summed E-state index contributed by atoms with van der Waals surface area (Å²) in [6.45, 7) is 1.56. The number of carboxylic acid groups (broad SMARTS) is 1. The fraction of sp³-hybridized carbons (Fsp3) is 0.875. The number of rotatable bonds is 4. The molecule has 0 radical (unpaired) electrons. The van der Waals surface area contributed by atoms with Crippen LogP contribution in [0.2, 0.25) is 0 Å². The normalized spacial score (nSPS) is 27.8. The zero-order chi connectivity index (χ0) is 10.8. The molecule has 82 valence electrons. The summed E-state index contributed by atoms with van der Waals surface area (Å²) in [4.78, 5) is 10.6. The van der Waals surface area contributed by atoms with E-state index in [2.05, 4.69) is 4.72 Å². The first-order valence-electron chi connectivity index (χ1n) is 4.67. The van der Waals surface area contributed by atoms with E-state index >= 15 is 0 Å². The molecule has 0 saturated heterocycles. The molecule has 0 aromatic rings. The van der Waals surface area contributed by atoms with Crippen molar-refractivity contribution in [3.8, 4) is 0 Å². The lowest BCUT2D eigenvalue weighted by Crippen LogP contribution is -2.34. The Hall–Kier alpha value is -0.620. The largest absolute Gasteiger partial charge is 0.481 e. The van der Waals surface area contributed by atoms with Gasteiger partial charge in [-0.1, -0.05) is 0 Å². The van der Waals surface area contributed by atoms with Crippen LogP contribution < -0.4 is 4.72 Å². The molecule has 0 bridgehead atoms. The molecule has 2 atom stereocenters. The summed E-state index contributed by atoms with van der Waals surface area (Å²) in [6.07, 6.45) is 1.59. The van der Waals surface area contributed by atoms with Crippen molar-refractivity contribution in [1.82, 2.24) is 4.72 Å². The van der Waals surface area contributed by atoms with Gasteiger partial charge in [-0.2, -0.15) is 0 Å². The fourth-order valence-corrected chi connectivity index (χ4v) is 2.54. The van der Waals surface area contributed by atoms with Gasteiger partial charge in [-0.25, -0.2) is 13.1 Å². The van der Waals surface area contributed by atoms with Gasteiger partial charge in [0.15, 0.2) is 0 Å². The third-order valence-electron chi connectivity index (χ3n) is 2.51. The molecule has 2 unspecified atom stereocenters. The minimum Gasteiger partial charge on any atom is -0.481 e. The minimum atomic E-state index is -3.19. The summed E-state index contributed by atoms with van der Waals surface area (Å²) in [7, 11) is -3.19. The van der Waals surface area contributed by atoms with Gasteiger partial charge in [0, 0.05) is 6.04 Å². The van der Waals surface area contributed by atoms with Gasteiger partial charge in [0.1, 0.15) is 0 Å². The van der Waals surface area contributed by atoms with Crippen LogP contribution in [0, 0.1) is 5.92 Å². The van der Waals surface area contributed by atoms with Crippen LogP contribution in [0.15, 0.2) is 0 Å². The Labute approximate surface area is 83.6 Å². The van der Waals surface area contributed by atoms with Crippen molar-refractivity contribution in [2.75, 3.05) is 5.75 Å². The van der Waals surface area contributed by atoms with E-state index in [0.717, 1.165) is 0 Å². The Morgan fingerprint density at radius 2 is 2.14 bits per heavy atom. The van der Waals surface area contributed by atoms with Gasteiger partial charge in [0.25, 0.3) is 0 Å². The summed E-state index contributed by atoms with van der Waals surface area (Å²) in [6, 6.07) is -0.193. The number of hydrogen-bond acceptors (Lipinski definition) is 3. The summed E-state index contributed by atoms with van der Waals surface area (Å²) in [5.74, 6) is -1.18. The molecule has 0 aromatic heterocycles. The van der Waals surface area contributed by atoms with E-state index < -0.39 is 16.0 Å².